The van der Waals surface area contributed by atoms with Crippen molar-refractivity contribution in [3.63, 3.8) is 0 Å². The average molecular weight is 278 g/mol. The maximum atomic E-state index is 11.5. The van der Waals surface area contributed by atoms with Crippen molar-refractivity contribution in [1.82, 2.24) is 10.6 Å². The minimum Gasteiger partial charge on any atom is -0.480 e. The van der Waals surface area contributed by atoms with Crippen LogP contribution < -0.4 is 10.6 Å². The summed E-state index contributed by atoms with van der Waals surface area (Å²) in [4.78, 5) is 22.5. The van der Waals surface area contributed by atoms with Crippen LogP contribution in [0.15, 0.2) is 0 Å². The maximum Gasteiger partial charge on any atom is 0.326 e. The lowest BCUT2D eigenvalue weighted by atomic mass is 10.0. The number of carboxylic acid groups (broad SMARTS) is 1. The third-order valence-electron chi connectivity index (χ3n) is 2.17. The summed E-state index contributed by atoms with van der Waals surface area (Å²) in [6, 6.07) is -1.70. The van der Waals surface area contributed by atoms with Gasteiger partial charge in [0, 0.05) is 28.9 Å². The molecule has 0 aliphatic carbocycles. The minimum atomic E-state index is -1.05. The molecule has 0 spiro atoms. The van der Waals surface area contributed by atoms with E-state index in [1.165, 1.54) is 0 Å². The van der Waals surface area contributed by atoms with Gasteiger partial charge in [0.15, 0.2) is 0 Å². The van der Waals surface area contributed by atoms with Gasteiger partial charge in [0.1, 0.15) is 6.04 Å². The van der Waals surface area contributed by atoms with E-state index in [1.807, 2.05) is 13.8 Å². The molecule has 106 valence electrons. The first-order valence-electron chi connectivity index (χ1n) is 5.82. The third kappa shape index (κ3) is 8.05. The van der Waals surface area contributed by atoms with Gasteiger partial charge in [-0.15, -0.1) is 0 Å². The number of carbonyl (C=O) groups is 2. The van der Waals surface area contributed by atoms with Crippen molar-refractivity contribution in [3.8, 4) is 0 Å². The van der Waals surface area contributed by atoms with Gasteiger partial charge in [-0.1, -0.05) is 13.8 Å². The van der Waals surface area contributed by atoms with E-state index in [0.717, 1.165) is 0 Å². The Hall–Kier alpha value is -1.11. The lowest BCUT2D eigenvalue weighted by Crippen LogP contribution is -2.49. The number of hydrogen-bond donors (Lipinski definition) is 3. The third-order valence-corrected chi connectivity index (χ3v) is 3.14. The van der Waals surface area contributed by atoms with Gasteiger partial charge in [-0.2, -0.15) is 0 Å². The highest BCUT2D eigenvalue weighted by molar-refractivity contribution is 7.84. The molecular weight excluding hydrogens is 256 g/mol. The Balaban J connectivity index is 4.25. The number of rotatable bonds is 7. The Labute approximate surface area is 110 Å². The molecule has 7 heteroatoms. The van der Waals surface area contributed by atoms with Gasteiger partial charge in [0.2, 0.25) is 0 Å². The molecule has 3 atom stereocenters. The number of carbonyl (C=O) groups excluding carboxylic acids is 1. The van der Waals surface area contributed by atoms with Crippen LogP contribution in [-0.2, 0) is 15.6 Å². The van der Waals surface area contributed by atoms with Crippen LogP contribution in [0, 0.1) is 5.92 Å². The zero-order valence-electron chi connectivity index (χ0n) is 11.2. The zero-order chi connectivity index (χ0) is 14.3. The molecule has 0 aromatic rings. The second-order valence-electron chi connectivity index (χ2n) is 4.78. The van der Waals surface area contributed by atoms with Crippen molar-refractivity contribution < 1.29 is 18.9 Å². The highest BCUT2D eigenvalue weighted by Gasteiger charge is 2.21. The molecule has 2 amide bonds. The molecule has 0 saturated carbocycles. The second-order valence-corrected chi connectivity index (χ2v) is 6.26. The van der Waals surface area contributed by atoms with Crippen LogP contribution >= 0.6 is 0 Å². The molecule has 0 aliphatic rings. The number of amides is 2. The molecule has 0 bridgehead atoms. The monoisotopic (exact) mass is 278 g/mol. The predicted molar refractivity (Wildman–Crippen MR) is 70.9 cm³/mol. The summed E-state index contributed by atoms with van der Waals surface area (Å²) in [5.74, 6) is -0.535. The lowest BCUT2D eigenvalue weighted by Gasteiger charge is -2.19. The minimum absolute atomic E-state index is 0.173. The molecule has 0 saturated heterocycles. The van der Waals surface area contributed by atoms with Gasteiger partial charge in [-0.25, -0.2) is 9.59 Å². The molecule has 0 fully saturated rings. The highest BCUT2D eigenvalue weighted by Crippen LogP contribution is 2.04. The number of nitrogens with one attached hydrogen (secondary N) is 2. The molecule has 6 nitrogen and oxygen atoms in total. The molecule has 0 heterocycles. The summed E-state index contributed by atoms with van der Waals surface area (Å²) in [5, 5.41) is 13.9. The molecule has 2 unspecified atom stereocenters. The van der Waals surface area contributed by atoms with Crippen LogP contribution in [-0.4, -0.2) is 45.4 Å². The van der Waals surface area contributed by atoms with Crippen molar-refractivity contribution >= 4 is 22.8 Å². The largest absolute Gasteiger partial charge is 0.480 e. The van der Waals surface area contributed by atoms with Crippen molar-refractivity contribution in [2.45, 2.75) is 39.3 Å². The number of urea groups is 1. The fourth-order valence-electron chi connectivity index (χ4n) is 1.51. The Morgan fingerprint density at radius 1 is 1.22 bits per heavy atom. The standard InChI is InChI=1S/C11H22N2O4S/c1-7(2)5-9(10(14)15)13-11(16)12-8(3)6-18(4)17/h7-9H,5-6H2,1-4H3,(H,14,15)(H2,12,13,16)/t8?,9-,18?/m1/s1. The van der Waals surface area contributed by atoms with Crippen LogP contribution in [0.1, 0.15) is 27.2 Å². The fourth-order valence-corrected chi connectivity index (χ4v) is 2.30. The predicted octanol–water partition coefficient (Wildman–Crippen LogP) is 0.552. The zero-order valence-corrected chi connectivity index (χ0v) is 12.0. The molecule has 0 aromatic carbocycles. The van der Waals surface area contributed by atoms with Gasteiger partial charge in [-0.3, -0.25) is 4.21 Å². The smallest absolute Gasteiger partial charge is 0.326 e. The molecule has 0 aromatic heterocycles. The summed E-state index contributed by atoms with van der Waals surface area (Å²) in [6.07, 6.45) is 1.92. The van der Waals surface area contributed by atoms with Gasteiger partial charge >= 0.3 is 12.0 Å². The lowest BCUT2D eigenvalue weighted by molar-refractivity contribution is -0.139. The Morgan fingerprint density at radius 2 is 1.78 bits per heavy atom. The van der Waals surface area contributed by atoms with Crippen LogP contribution in [0.3, 0.4) is 0 Å². The number of hydrogen-bond acceptors (Lipinski definition) is 3. The van der Waals surface area contributed by atoms with Crippen molar-refractivity contribution in [2.75, 3.05) is 12.0 Å². The molecular formula is C11H22N2O4S. The maximum absolute atomic E-state index is 11.5. The van der Waals surface area contributed by atoms with E-state index < -0.39 is 28.8 Å². The van der Waals surface area contributed by atoms with E-state index in [1.54, 1.807) is 13.2 Å². The summed E-state index contributed by atoms with van der Waals surface area (Å²) < 4.78 is 11.0. The van der Waals surface area contributed by atoms with Crippen LogP contribution in [0.2, 0.25) is 0 Å². The molecule has 18 heavy (non-hydrogen) atoms. The summed E-state index contributed by atoms with van der Waals surface area (Å²) in [7, 11) is -1.00. The quantitative estimate of drug-likeness (QED) is 0.634. The SMILES string of the molecule is CC(C)C[C@@H](NC(=O)NC(C)CS(C)=O)C(=O)O. The average Bonchev–Trinajstić information content (AvgIpc) is 2.13. The van der Waals surface area contributed by atoms with E-state index in [-0.39, 0.29) is 12.0 Å². The van der Waals surface area contributed by atoms with Crippen LogP contribution in [0.5, 0.6) is 0 Å². The summed E-state index contributed by atoms with van der Waals surface area (Å²) >= 11 is 0. The molecule has 0 radical (unpaired) electrons. The second kappa shape index (κ2) is 8.07. The topological polar surface area (TPSA) is 95.5 Å². The first kappa shape index (κ1) is 16.9. The van der Waals surface area contributed by atoms with Gasteiger partial charge in [0.25, 0.3) is 0 Å². The van der Waals surface area contributed by atoms with E-state index in [0.29, 0.717) is 12.2 Å². The molecule has 3 N–H and O–H groups in total. The first-order chi connectivity index (χ1) is 8.22. The molecule has 0 rings (SSSR count). The van der Waals surface area contributed by atoms with Crippen molar-refractivity contribution in [3.05, 3.63) is 0 Å². The number of carboxylic acids is 1. The summed E-state index contributed by atoms with van der Waals surface area (Å²) in [5.41, 5.74) is 0. The Morgan fingerprint density at radius 3 is 2.17 bits per heavy atom. The van der Waals surface area contributed by atoms with Crippen LogP contribution in [0.25, 0.3) is 0 Å². The van der Waals surface area contributed by atoms with E-state index >= 15 is 0 Å². The van der Waals surface area contributed by atoms with E-state index in [2.05, 4.69) is 10.6 Å². The van der Waals surface area contributed by atoms with Gasteiger partial charge < -0.3 is 15.7 Å². The van der Waals surface area contributed by atoms with Crippen molar-refractivity contribution in [1.29, 1.82) is 0 Å². The Bertz CT molecular complexity index is 320. The van der Waals surface area contributed by atoms with E-state index in [9.17, 15) is 13.8 Å². The van der Waals surface area contributed by atoms with E-state index in [4.69, 9.17) is 5.11 Å². The first-order valence-corrected chi connectivity index (χ1v) is 7.55. The van der Waals surface area contributed by atoms with Gasteiger partial charge in [0.05, 0.1) is 0 Å². The van der Waals surface area contributed by atoms with Gasteiger partial charge in [-0.05, 0) is 19.3 Å². The normalized spacial score (nSPS) is 15.8. The number of aliphatic carboxylic acids is 1. The van der Waals surface area contributed by atoms with Crippen LogP contribution in [0.4, 0.5) is 4.79 Å². The molecule has 0 aliphatic heterocycles. The Kier molecular flexibility index (Phi) is 7.58. The fraction of sp³-hybridized carbons (Fsp3) is 0.818. The highest BCUT2D eigenvalue weighted by atomic mass is 32.2. The summed E-state index contributed by atoms with van der Waals surface area (Å²) in [6.45, 7) is 5.50. The van der Waals surface area contributed by atoms with Crippen molar-refractivity contribution in [2.24, 2.45) is 5.92 Å².